The van der Waals surface area contributed by atoms with Gasteiger partial charge in [-0.2, -0.15) is 5.26 Å². The molecule has 0 aromatic rings. The second kappa shape index (κ2) is 2.48. The highest BCUT2D eigenvalue weighted by molar-refractivity contribution is 5.87. The second-order valence-corrected chi connectivity index (χ2v) is 3.85. The molecule has 2 rings (SSSR count). The summed E-state index contributed by atoms with van der Waals surface area (Å²) in [5.74, 6) is 0.602. The highest BCUT2D eigenvalue weighted by atomic mass is 16.2. The fourth-order valence-electron chi connectivity index (χ4n) is 1.83. The molecule has 1 saturated carbocycles. The summed E-state index contributed by atoms with van der Waals surface area (Å²) in [6.07, 6.45) is 3.90. The van der Waals surface area contributed by atoms with Gasteiger partial charge in [0.1, 0.15) is 5.41 Å². The van der Waals surface area contributed by atoms with Gasteiger partial charge in [-0.3, -0.25) is 4.79 Å². The normalized spacial score (nSPS) is 34.4. The maximum atomic E-state index is 11.4. The first kappa shape index (κ1) is 7.60. The summed E-state index contributed by atoms with van der Waals surface area (Å²) in [6.45, 7) is 0.680. The molecule has 12 heavy (non-hydrogen) atoms. The molecule has 1 heterocycles. The van der Waals surface area contributed by atoms with Crippen LogP contribution in [0.1, 0.15) is 25.7 Å². The monoisotopic (exact) mass is 164 g/mol. The number of carbonyl (C=O) groups is 1. The van der Waals surface area contributed by atoms with Crippen molar-refractivity contribution in [2.45, 2.75) is 25.7 Å². The van der Waals surface area contributed by atoms with Gasteiger partial charge in [0.2, 0.25) is 5.91 Å². The zero-order valence-electron chi connectivity index (χ0n) is 6.97. The van der Waals surface area contributed by atoms with Gasteiger partial charge in [0, 0.05) is 6.54 Å². The first-order valence-electron chi connectivity index (χ1n) is 4.46. The number of nitriles is 1. The molecule has 2 fully saturated rings. The van der Waals surface area contributed by atoms with Gasteiger partial charge in [0.15, 0.2) is 0 Å². The predicted molar refractivity (Wildman–Crippen MR) is 43.0 cm³/mol. The average Bonchev–Trinajstić information content (AvgIpc) is 2.79. The first-order chi connectivity index (χ1) is 5.77. The van der Waals surface area contributed by atoms with E-state index in [4.69, 9.17) is 5.26 Å². The summed E-state index contributed by atoms with van der Waals surface area (Å²) in [6, 6.07) is 2.19. The molecule has 1 unspecified atom stereocenters. The Morgan fingerprint density at radius 1 is 1.67 bits per heavy atom. The standard InChI is InChI=1S/C9H12N2O/c10-6-9(5-7-1-2-7)3-4-11-8(9)12/h7H,1-5H2,(H,11,12). The molecule has 1 atom stereocenters. The van der Waals surface area contributed by atoms with Gasteiger partial charge in [0.05, 0.1) is 6.07 Å². The van der Waals surface area contributed by atoms with Gasteiger partial charge < -0.3 is 5.32 Å². The fourth-order valence-corrected chi connectivity index (χ4v) is 1.83. The Kier molecular flexibility index (Phi) is 1.57. The van der Waals surface area contributed by atoms with Gasteiger partial charge >= 0.3 is 0 Å². The number of hydrogen-bond acceptors (Lipinski definition) is 2. The summed E-state index contributed by atoms with van der Waals surface area (Å²) in [5, 5.41) is 11.7. The molecule has 1 aliphatic carbocycles. The molecule has 1 saturated heterocycles. The van der Waals surface area contributed by atoms with Crippen LogP contribution in [0.5, 0.6) is 0 Å². The predicted octanol–water partition coefficient (Wildman–Crippen LogP) is 0.816. The van der Waals surface area contributed by atoms with Crippen molar-refractivity contribution in [1.82, 2.24) is 5.32 Å². The Balaban J connectivity index is 2.12. The zero-order valence-corrected chi connectivity index (χ0v) is 6.97. The van der Waals surface area contributed by atoms with E-state index in [0.717, 1.165) is 6.42 Å². The van der Waals surface area contributed by atoms with Gasteiger partial charge in [-0.1, -0.05) is 12.8 Å². The minimum Gasteiger partial charge on any atom is -0.355 e. The van der Waals surface area contributed by atoms with Crippen molar-refractivity contribution in [3.8, 4) is 6.07 Å². The molecule has 3 nitrogen and oxygen atoms in total. The van der Waals surface area contributed by atoms with Crippen LogP contribution in [0.15, 0.2) is 0 Å². The van der Waals surface area contributed by atoms with Crippen molar-refractivity contribution >= 4 is 5.91 Å². The molecular weight excluding hydrogens is 152 g/mol. The molecule has 2 aliphatic rings. The molecule has 1 amide bonds. The number of nitrogens with one attached hydrogen (secondary N) is 1. The Hall–Kier alpha value is -1.04. The number of hydrogen-bond donors (Lipinski definition) is 1. The van der Waals surface area contributed by atoms with E-state index in [1.54, 1.807) is 0 Å². The van der Waals surface area contributed by atoms with Crippen molar-refractivity contribution in [2.24, 2.45) is 11.3 Å². The highest BCUT2D eigenvalue weighted by Gasteiger charge is 2.46. The number of amides is 1. The first-order valence-corrected chi connectivity index (χ1v) is 4.46. The smallest absolute Gasteiger partial charge is 0.240 e. The third-order valence-electron chi connectivity index (χ3n) is 2.82. The summed E-state index contributed by atoms with van der Waals surface area (Å²) < 4.78 is 0. The van der Waals surface area contributed by atoms with Crippen LogP contribution in [0.25, 0.3) is 0 Å². The van der Waals surface area contributed by atoms with Crippen LogP contribution in [0.4, 0.5) is 0 Å². The Bertz CT molecular complexity index is 252. The van der Waals surface area contributed by atoms with Crippen molar-refractivity contribution in [3.05, 3.63) is 0 Å². The lowest BCUT2D eigenvalue weighted by atomic mass is 9.82. The minimum atomic E-state index is -0.666. The van der Waals surface area contributed by atoms with E-state index in [9.17, 15) is 4.79 Å². The number of rotatable bonds is 2. The van der Waals surface area contributed by atoms with E-state index in [1.165, 1.54) is 12.8 Å². The summed E-state index contributed by atoms with van der Waals surface area (Å²) in [7, 11) is 0. The van der Waals surface area contributed by atoms with Crippen molar-refractivity contribution in [3.63, 3.8) is 0 Å². The van der Waals surface area contributed by atoms with Crippen LogP contribution in [-0.2, 0) is 4.79 Å². The topological polar surface area (TPSA) is 52.9 Å². The third kappa shape index (κ3) is 1.08. The zero-order chi connectivity index (χ0) is 8.60. The van der Waals surface area contributed by atoms with Gasteiger partial charge in [-0.15, -0.1) is 0 Å². The Morgan fingerprint density at radius 2 is 2.42 bits per heavy atom. The maximum absolute atomic E-state index is 11.4. The summed E-state index contributed by atoms with van der Waals surface area (Å²) >= 11 is 0. The van der Waals surface area contributed by atoms with Gasteiger partial charge in [-0.25, -0.2) is 0 Å². The van der Waals surface area contributed by atoms with E-state index in [-0.39, 0.29) is 5.91 Å². The van der Waals surface area contributed by atoms with E-state index in [1.807, 2.05) is 0 Å². The van der Waals surface area contributed by atoms with E-state index < -0.39 is 5.41 Å². The lowest BCUT2D eigenvalue weighted by Crippen LogP contribution is -2.30. The largest absolute Gasteiger partial charge is 0.355 e. The summed E-state index contributed by atoms with van der Waals surface area (Å²) in [5.41, 5.74) is -0.666. The highest BCUT2D eigenvalue weighted by Crippen LogP contribution is 2.43. The molecule has 0 bridgehead atoms. The van der Waals surface area contributed by atoms with Crippen molar-refractivity contribution in [2.75, 3.05) is 6.54 Å². The molecule has 0 radical (unpaired) electrons. The molecule has 3 heteroatoms. The third-order valence-corrected chi connectivity index (χ3v) is 2.82. The Morgan fingerprint density at radius 3 is 2.83 bits per heavy atom. The van der Waals surface area contributed by atoms with Gasteiger partial charge in [0.25, 0.3) is 0 Å². The maximum Gasteiger partial charge on any atom is 0.240 e. The fraction of sp³-hybridized carbons (Fsp3) is 0.778. The molecule has 1 aliphatic heterocycles. The van der Waals surface area contributed by atoms with Crippen LogP contribution in [0.2, 0.25) is 0 Å². The van der Waals surface area contributed by atoms with Crippen LogP contribution in [0.3, 0.4) is 0 Å². The molecule has 0 aromatic heterocycles. The van der Waals surface area contributed by atoms with Crippen molar-refractivity contribution < 1.29 is 4.79 Å². The van der Waals surface area contributed by atoms with Crippen LogP contribution >= 0.6 is 0 Å². The van der Waals surface area contributed by atoms with Crippen LogP contribution in [0, 0.1) is 22.7 Å². The minimum absolute atomic E-state index is 0.0445. The average molecular weight is 164 g/mol. The quantitative estimate of drug-likeness (QED) is 0.656. The van der Waals surface area contributed by atoms with Crippen LogP contribution in [-0.4, -0.2) is 12.5 Å². The lowest BCUT2D eigenvalue weighted by Gasteiger charge is -2.15. The van der Waals surface area contributed by atoms with E-state index in [0.29, 0.717) is 18.9 Å². The lowest BCUT2D eigenvalue weighted by molar-refractivity contribution is -0.125. The van der Waals surface area contributed by atoms with Crippen LogP contribution < -0.4 is 5.32 Å². The van der Waals surface area contributed by atoms with Gasteiger partial charge in [-0.05, 0) is 18.8 Å². The molecule has 64 valence electrons. The Labute approximate surface area is 71.8 Å². The molecular formula is C9H12N2O. The molecule has 0 spiro atoms. The second-order valence-electron chi connectivity index (χ2n) is 3.85. The molecule has 0 aromatic carbocycles. The number of carbonyl (C=O) groups excluding carboxylic acids is 1. The summed E-state index contributed by atoms with van der Waals surface area (Å²) in [4.78, 5) is 11.4. The van der Waals surface area contributed by atoms with E-state index >= 15 is 0 Å². The number of nitrogens with zero attached hydrogens (tertiary/aromatic N) is 1. The van der Waals surface area contributed by atoms with E-state index in [2.05, 4.69) is 11.4 Å². The van der Waals surface area contributed by atoms with Crippen molar-refractivity contribution in [1.29, 1.82) is 5.26 Å². The SMILES string of the molecule is N#CC1(CC2CC2)CCNC1=O. The molecule has 1 N–H and O–H groups in total.